The van der Waals surface area contributed by atoms with Gasteiger partial charge in [-0.1, -0.05) is 0 Å². The number of hydrogen-bond acceptors (Lipinski definition) is 4. The number of anilines is 1. The van der Waals surface area contributed by atoms with Gasteiger partial charge in [0.25, 0.3) is 0 Å². The number of rotatable bonds is 2. The Morgan fingerprint density at radius 3 is 2.45 bits per heavy atom. The molecule has 2 rings (SSSR count). The van der Waals surface area contributed by atoms with Crippen LogP contribution in [0.1, 0.15) is 12.0 Å². The van der Waals surface area contributed by atoms with Crippen molar-refractivity contribution >= 4 is 21.8 Å². The summed E-state index contributed by atoms with van der Waals surface area (Å²) in [5, 5.41) is 6.93. The van der Waals surface area contributed by atoms with Crippen LogP contribution < -0.4 is 4.90 Å². The maximum Gasteiger partial charge on any atom is 0.307 e. The average molecular weight is 304 g/mol. The van der Waals surface area contributed by atoms with Crippen LogP contribution in [0.2, 0.25) is 0 Å². The first kappa shape index (κ1) is 14.3. The Hall–Kier alpha value is -2.08. The molecule has 0 saturated carbocycles. The molecule has 0 spiro atoms. The first-order chi connectivity index (χ1) is 9.24. The molecule has 1 saturated heterocycles. The van der Waals surface area contributed by atoms with Crippen molar-refractivity contribution in [1.29, 1.82) is 5.26 Å². The van der Waals surface area contributed by atoms with Crippen LogP contribution in [0.4, 0.5) is 18.4 Å². The summed E-state index contributed by atoms with van der Waals surface area (Å²) < 4.78 is 61.5. The number of hydrogen-bond donors (Lipinski definition) is 0. The minimum atomic E-state index is -4.94. The SMILES string of the molecule is N#Cc1cc(F)c(N2CC(S(=O)(=O)F)CC2=O)cc1F. The van der Waals surface area contributed by atoms with Crippen LogP contribution in [0.15, 0.2) is 12.1 Å². The normalized spacial score (nSPS) is 19.2. The van der Waals surface area contributed by atoms with Gasteiger partial charge in [0, 0.05) is 19.0 Å². The van der Waals surface area contributed by atoms with Gasteiger partial charge < -0.3 is 4.90 Å². The molecule has 9 heteroatoms. The Bertz CT molecular complexity index is 727. The second-order valence-corrected chi connectivity index (χ2v) is 5.82. The number of amides is 1. The van der Waals surface area contributed by atoms with E-state index in [2.05, 4.69) is 0 Å². The van der Waals surface area contributed by atoms with Gasteiger partial charge in [0.05, 0.1) is 11.3 Å². The van der Waals surface area contributed by atoms with Crippen LogP contribution in [0.3, 0.4) is 0 Å². The van der Waals surface area contributed by atoms with E-state index in [9.17, 15) is 25.9 Å². The van der Waals surface area contributed by atoms with Crippen LogP contribution in [-0.2, 0) is 15.0 Å². The minimum absolute atomic E-state index is 0.516. The molecule has 5 nitrogen and oxygen atoms in total. The lowest BCUT2D eigenvalue weighted by atomic mass is 10.2. The monoisotopic (exact) mass is 304 g/mol. The lowest BCUT2D eigenvalue weighted by Gasteiger charge is -2.17. The van der Waals surface area contributed by atoms with Crippen molar-refractivity contribution in [1.82, 2.24) is 0 Å². The molecule has 1 unspecified atom stereocenters. The lowest BCUT2D eigenvalue weighted by Crippen LogP contribution is -2.28. The number of halogens is 3. The molecule has 1 amide bonds. The highest BCUT2D eigenvalue weighted by atomic mass is 32.3. The van der Waals surface area contributed by atoms with E-state index in [1.807, 2.05) is 0 Å². The zero-order chi connectivity index (χ0) is 15.1. The van der Waals surface area contributed by atoms with Crippen molar-refractivity contribution in [2.45, 2.75) is 11.7 Å². The summed E-state index contributed by atoms with van der Waals surface area (Å²) in [4.78, 5) is 12.2. The molecular formula is C11H7F3N2O3S. The van der Waals surface area contributed by atoms with Gasteiger partial charge in [-0.2, -0.15) is 13.7 Å². The third-order valence-electron chi connectivity index (χ3n) is 2.94. The molecular weight excluding hydrogens is 297 g/mol. The number of carbonyl (C=O) groups excluding carboxylic acids is 1. The molecule has 1 fully saturated rings. The summed E-state index contributed by atoms with van der Waals surface area (Å²) in [5.74, 6) is -2.95. The molecule has 0 N–H and O–H groups in total. The molecule has 0 bridgehead atoms. The molecule has 1 atom stereocenters. The van der Waals surface area contributed by atoms with Crippen molar-refractivity contribution in [3.63, 3.8) is 0 Å². The number of benzene rings is 1. The van der Waals surface area contributed by atoms with Crippen LogP contribution in [0.5, 0.6) is 0 Å². The van der Waals surface area contributed by atoms with Crippen molar-refractivity contribution in [3.8, 4) is 6.07 Å². The van der Waals surface area contributed by atoms with Gasteiger partial charge in [-0.05, 0) is 6.07 Å². The Morgan fingerprint density at radius 2 is 1.95 bits per heavy atom. The highest BCUT2D eigenvalue weighted by Crippen LogP contribution is 2.29. The molecule has 1 aromatic carbocycles. The Balaban J connectivity index is 2.41. The zero-order valence-corrected chi connectivity index (χ0v) is 10.6. The van der Waals surface area contributed by atoms with Crippen molar-refractivity contribution in [3.05, 3.63) is 29.3 Å². The van der Waals surface area contributed by atoms with Gasteiger partial charge in [0.15, 0.2) is 0 Å². The van der Waals surface area contributed by atoms with Gasteiger partial charge in [-0.3, -0.25) is 4.79 Å². The standard InChI is InChI=1S/C11H7F3N2O3S/c12-8-3-10(9(13)1-6(8)4-15)16-5-7(2-11(16)17)20(14,18)19/h1,3,7H,2,5H2. The average Bonchev–Trinajstić information content (AvgIpc) is 2.73. The van der Waals surface area contributed by atoms with E-state index in [1.54, 1.807) is 0 Å². The van der Waals surface area contributed by atoms with Gasteiger partial charge in [-0.15, -0.1) is 3.89 Å². The van der Waals surface area contributed by atoms with Crippen LogP contribution in [0.25, 0.3) is 0 Å². The topological polar surface area (TPSA) is 78.2 Å². The van der Waals surface area contributed by atoms with Crippen LogP contribution >= 0.6 is 0 Å². The molecule has 0 radical (unpaired) electrons. The summed E-state index contributed by atoms with van der Waals surface area (Å²) in [6, 6.07) is 2.63. The quantitative estimate of drug-likeness (QED) is 0.770. The molecule has 0 aliphatic carbocycles. The van der Waals surface area contributed by atoms with Gasteiger partial charge in [0.1, 0.15) is 23.0 Å². The van der Waals surface area contributed by atoms with Gasteiger partial charge in [-0.25, -0.2) is 8.78 Å². The molecule has 1 aliphatic heterocycles. The van der Waals surface area contributed by atoms with E-state index in [4.69, 9.17) is 5.26 Å². The Labute approximate surface area is 112 Å². The third kappa shape index (κ3) is 2.46. The highest BCUT2D eigenvalue weighted by molar-refractivity contribution is 7.87. The van der Waals surface area contributed by atoms with E-state index in [0.29, 0.717) is 17.0 Å². The maximum atomic E-state index is 13.7. The lowest BCUT2D eigenvalue weighted by molar-refractivity contribution is -0.117. The van der Waals surface area contributed by atoms with Crippen LogP contribution in [0, 0.1) is 23.0 Å². The summed E-state index contributed by atoms with van der Waals surface area (Å²) in [6.07, 6.45) is -0.639. The Morgan fingerprint density at radius 1 is 1.30 bits per heavy atom. The molecule has 20 heavy (non-hydrogen) atoms. The van der Waals surface area contributed by atoms with E-state index in [1.165, 1.54) is 6.07 Å². The van der Waals surface area contributed by atoms with E-state index < -0.39 is 57.2 Å². The first-order valence-corrected chi connectivity index (χ1v) is 6.81. The largest absolute Gasteiger partial charge is 0.308 e. The Kier molecular flexibility index (Phi) is 3.43. The molecule has 1 aliphatic rings. The molecule has 106 valence electrons. The zero-order valence-electron chi connectivity index (χ0n) is 9.81. The van der Waals surface area contributed by atoms with Gasteiger partial charge in [0.2, 0.25) is 5.91 Å². The number of nitriles is 1. The first-order valence-electron chi connectivity index (χ1n) is 5.37. The fraction of sp³-hybridized carbons (Fsp3) is 0.273. The predicted octanol–water partition coefficient (Wildman–Crippen LogP) is 1.24. The van der Waals surface area contributed by atoms with E-state index >= 15 is 0 Å². The minimum Gasteiger partial charge on any atom is -0.308 e. The fourth-order valence-corrected chi connectivity index (χ4v) is 2.59. The predicted molar refractivity (Wildman–Crippen MR) is 61.9 cm³/mol. The summed E-state index contributed by atoms with van der Waals surface area (Å²) in [7, 11) is -4.94. The van der Waals surface area contributed by atoms with E-state index in [-0.39, 0.29) is 0 Å². The smallest absolute Gasteiger partial charge is 0.307 e. The second kappa shape index (κ2) is 4.79. The summed E-state index contributed by atoms with van der Waals surface area (Å²) >= 11 is 0. The molecule has 1 heterocycles. The van der Waals surface area contributed by atoms with E-state index in [0.717, 1.165) is 0 Å². The van der Waals surface area contributed by atoms with Crippen LogP contribution in [-0.4, -0.2) is 26.1 Å². The maximum absolute atomic E-state index is 13.7. The summed E-state index contributed by atoms with van der Waals surface area (Å²) in [5.41, 5.74) is -1.06. The summed E-state index contributed by atoms with van der Waals surface area (Å²) in [6.45, 7) is -0.597. The van der Waals surface area contributed by atoms with Crippen molar-refractivity contribution in [2.24, 2.45) is 0 Å². The second-order valence-electron chi connectivity index (χ2n) is 4.20. The van der Waals surface area contributed by atoms with Gasteiger partial charge >= 0.3 is 10.2 Å². The van der Waals surface area contributed by atoms with Crippen molar-refractivity contribution in [2.75, 3.05) is 11.4 Å². The fourth-order valence-electron chi connectivity index (χ4n) is 1.93. The highest BCUT2D eigenvalue weighted by Gasteiger charge is 2.40. The van der Waals surface area contributed by atoms with Crippen molar-refractivity contribution < 1.29 is 25.9 Å². The number of nitrogens with zero attached hydrogens (tertiary/aromatic N) is 2. The number of carbonyl (C=O) groups is 1. The third-order valence-corrected chi connectivity index (χ3v) is 4.05. The molecule has 0 aromatic heterocycles. The molecule has 1 aromatic rings.